The zero-order valence-electron chi connectivity index (χ0n) is 19.4. The van der Waals surface area contributed by atoms with Crippen molar-refractivity contribution < 1.29 is 14.3 Å². The molecule has 3 heteroatoms. The van der Waals surface area contributed by atoms with E-state index in [0.717, 1.165) is 25.7 Å². The average Bonchev–Trinajstić information content (AvgIpc) is 2.71. The van der Waals surface area contributed by atoms with Crippen LogP contribution in [-0.4, -0.2) is 19.4 Å². The first-order chi connectivity index (χ1) is 13.7. The summed E-state index contributed by atoms with van der Waals surface area (Å²) in [6.45, 7) is 7.64. The van der Waals surface area contributed by atoms with Gasteiger partial charge in [-0.15, -0.1) is 0 Å². The highest BCUT2D eigenvalue weighted by Crippen LogP contribution is 2.14. The lowest BCUT2D eigenvalue weighted by Crippen LogP contribution is -2.15. The van der Waals surface area contributed by atoms with E-state index in [1.165, 1.54) is 89.9 Å². The van der Waals surface area contributed by atoms with Crippen molar-refractivity contribution in [3.8, 4) is 0 Å². The molecule has 0 saturated heterocycles. The van der Waals surface area contributed by atoms with E-state index in [1.54, 1.807) is 0 Å². The normalized spacial score (nSPS) is 12.1. The van der Waals surface area contributed by atoms with Gasteiger partial charge in [0.05, 0.1) is 13.2 Å². The van der Waals surface area contributed by atoms with Gasteiger partial charge in [0.15, 0.2) is 0 Å². The highest BCUT2D eigenvalue weighted by Gasteiger charge is 2.10. The Morgan fingerprint density at radius 1 is 0.607 bits per heavy atom. The van der Waals surface area contributed by atoms with Gasteiger partial charge in [-0.05, 0) is 18.8 Å². The molecule has 0 aromatic carbocycles. The maximum atomic E-state index is 11.6. The molecule has 0 aliphatic carbocycles. The summed E-state index contributed by atoms with van der Waals surface area (Å²) in [7, 11) is 0. The van der Waals surface area contributed by atoms with Gasteiger partial charge in [0, 0.05) is 0 Å². The van der Waals surface area contributed by atoms with E-state index in [9.17, 15) is 4.79 Å². The smallest absolute Gasteiger partial charge is 0.434 e. The molecule has 0 bridgehead atoms. The second kappa shape index (κ2) is 22.6. The number of ether oxygens (including phenoxy) is 2. The van der Waals surface area contributed by atoms with E-state index < -0.39 is 6.16 Å². The predicted octanol–water partition coefficient (Wildman–Crippen LogP) is 8.84. The third-order valence-electron chi connectivity index (χ3n) is 5.70. The van der Waals surface area contributed by atoms with Crippen molar-refractivity contribution >= 4 is 6.16 Å². The Labute approximate surface area is 176 Å². The summed E-state index contributed by atoms with van der Waals surface area (Å²) in [4.78, 5) is 11.6. The minimum absolute atomic E-state index is 0.480. The minimum Gasteiger partial charge on any atom is -0.434 e. The second-order valence-electron chi connectivity index (χ2n) is 8.42. The molecule has 0 heterocycles. The van der Waals surface area contributed by atoms with Crippen molar-refractivity contribution in [3.63, 3.8) is 0 Å². The molecular weight excluding hydrogens is 348 g/mol. The third kappa shape index (κ3) is 20.0. The standard InChI is InChI=1S/C25H50O3/c1-4-7-9-10-11-12-13-14-15-16-17-18-19-20-22-27-25(26)28-23-24(6-3)21-8-5-2/h24H,4-23H2,1-3H3. The first kappa shape index (κ1) is 27.3. The van der Waals surface area contributed by atoms with Gasteiger partial charge in [-0.25, -0.2) is 4.79 Å². The van der Waals surface area contributed by atoms with Crippen LogP contribution in [0.2, 0.25) is 0 Å². The highest BCUT2D eigenvalue weighted by atomic mass is 16.7. The van der Waals surface area contributed by atoms with Crippen LogP contribution in [0.3, 0.4) is 0 Å². The fourth-order valence-electron chi connectivity index (χ4n) is 3.58. The van der Waals surface area contributed by atoms with Crippen LogP contribution in [0.25, 0.3) is 0 Å². The zero-order chi connectivity index (χ0) is 20.7. The van der Waals surface area contributed by atoms with Crippen LogP contribution in [0.4, 0.5) is 4.79 Å². The minimum atomic E-state index is -0.482. The van der Waals surface area contributed by atoms with Gasteiger partial charge in [-0.2, -0.15) is 0 Å². The van der Waals surface area contributed by atoms with Gasteiger partial charge in [-0.3, -0.25) is 0 Å². The number of hydrogen-bond donors (Lipinski definition) is 0. The van der Waals surface area contributed by atoms with Gasteiger partial charge in [0.2, 0.25) is 0 Å². The first-order valence-corrected chi connectivity index (χ1v) is 12.5. The number of rotatable bonds is 21. The molecule has 0 aliphatic heterocycles. The van der Waals surface area contributed by atoms with Crippen LogP contribution in [0, 0.1) is 5.92 Å². The Bertz CT molecular complexity index is 317. The SMILES string of the molecule is CCCCCCCCCCCCCCCCOC(=O)OCC(CC)CCCC. The third-order valence-corrected chi connectivity index (χ3v) is 5.70. The average molecular weight is 399 g/mol. The van der Waals surface area contributed by atoms with Crippen LogP contribution < -0.4 is 0 Å². The fraction of sp³-hybridized carbons (Fsp3) is 0.960. The molecule has 0 amide bonds. The highest BCUT2D eigenvalue weighted by molar-refractivity contribution is 5.59. The number of carbonyl (C=O) groups excluding carboxylic acids is 1. The summed E-state index contributed by atoms with van der Waals surface area (Å²) in [5.74, 6) is 0.480. The Morgan fingerprint density at radius 2 is 1.07 bits per heavy atom. The van der Waals surface area contributed by atoms with Gasteiger partial charge in [-0.1, -0.05) is 124 Å². The maximum absolute atomic E-state index is 11.6. The largest absolute Gasteiger partial charge is 0.508 e. The Kier molecular flexibility index (Phi) is 22.0. The lowest BCUT2D eigenvalue weighted by atomic mass is 10.0. The summed E-state index contributed by atoms with van der Waals surface area (Å²) in [6, 6.07) is 0. The molecule has 0 aromatic rings. The van der Waals surface area contributed by atoms with Crippen molar-refractivity contribution in [3.05, 3.63) is 0 Å². The monoisotopic (exact) mass is 398 g/mol. The molecular formula is C25H50O3. The molecule has 0 fully saturated rings. The van der Waals surface area contributed by atoms with Gasteiger partial charge in [0.25, 0.3) is 0 Å². The van der Waals surface area contributed by atoms with Crippen LogP contribution in [0.1, 0.15) is 136 Å². The summed E-state index contributed by atoms with van der Waals surface area (Å²) in [5, 5.41) is 0. The molecule has 168 valence electrons. The Balaban J connectivity index is 3.27. The Morgan fingerprint density at radius 3 is 1.54 bits per heavy atom. The van der Waals surface area contributed by atoms with Gasteiger partial charge >= 0.3 is 6.16 Å². The van der Waals surface area contributed by atoms with Crippen molar-refractivity contribution in [1.82, 2.24) is 0 Å². The molecule has 0 spiro atoms. The van der Waals surface area contributed by atoms with E-state index in [2.05, 4.69) is 20.8 Å². The maximum Gasteiger partial charge on any atom is 0.508 e. The predicted molar refractivity (Wildman–Crippen MR) is 121 cm³/mol. The molecule has 0 aromatic heterocycles. The Hall–Kier alpha value is -0.730. The molecule has 0 N–H and O–H groups in total. The molecule has 1 atom stereocenters. The zero-order valence-corrected chi connectivity index (χ0v) is 19.4. The first-order valence-electron chi connectivity index (χ1n) is 12.5. The number of carbonyl (C=O) groups is 1. The topological polar surface area (TPSA) is 35.5 Å². The molecule has 3 nitrogen and oxygen atoms in total. The molecule has 1 unspecified atom stereocenters. The number of unbranched alkanes of at least 4 members (excludes halogenated alkanes) is 14. The summed E-state index contributed by atoms with van der Waals surface area (Å²) < 4.78 is 10.4. The second-order valence-corrected chi connectivity index (χ2v) is 8.42. The molecule has 0 aliphatic rings. The summed E-state index contributed by atoms with van der Waals surface area (Å²) >= 11 is 0. The van der Waals surface area contributed by atoms with E-state index in [0.29, 0.717) is 19.1 Å². The molecule has 0 rings (SSSR count). The van der Waals surface area contributed by atoms with E-state index in [-0.39, 0.29) is 0 Å². The van der Waals surface area contributed by atoms with Crippen LogP contribution >= 0.6 is 0 Å². The van der Waals surface area contributed by atoms with Gasteiger partial charge < -0.3 is 9.47 Å². The van der Waals surface area contributed by atoms with E-state index in [1.807, 2.05) is 0 Å². The molecule has 0 saturated carbocycles. The number of hydrogen-bond acceptors (Lipinski definition) is 3. The molecule has 0 radical (unpaired) electrons. The van der Waals surface area contributed by atoms with Crippen LogP contribution in [-0.2, 0) is 9.47 Å². The van der Waals surface area contributed by atoms with Crippen LogP contribution in [0.15, 0.2) is 0 Å². The fourth-order valence-corrected chi connectivity index (χ4v) is 3.58. The quantitative estimate of drug-likeness (QED) is 0.143. The lowest BCUT2D eigenvalue weighted by Gasteiger charge is -2.14. The van der Waals surface area contributed by atoms with E-state index in [4.69, 9.17) is 9.47 Å². The molecule has 28 heavy (non-hydrogen) atoms. The lowest BCUT2D eigenvalue weighted by molar-refractivity contribution is 0.0415. The summed E-state index contributed by atoms with van der Waals surface area (Å²) in [5.41, 5.74) is 0. The summed E-state index contributed by atoms with van der Waals surface area (Å²) in [6.07, 6.45) is 22.8. The van der Waals surface area contributed by atoms with Crippen molar-refractivity contribution in [1.29, 1.82) is 0 Å². The van der Waals surface area contributed by atoms with Gasteiger partial charge in [0.1, 0.15) is 0 Å². The van der Waals surface area contributed by atoms with Crippen LogP contribution in [0.5, 0.6) is 0 Å². The van der Waals surface area contributed by atoms with Crippen molar-refractivity contribution in [2.24, 2.45) is 5.92 Å². The van der Waals surface area contributed by atoms with Crippen molar-refractivity contribution in [2.45, 2.75) is 136 Å². The van der Waals surface area contributed by atoms with E-state index >= 15 is 0 Å². The van der Waals surface area contributed by atoms with Crippen molar-refractivity contribution in [2.75, 3.05) is 13.2 Å².